The minimum Gasteiger partial charge on any atom is -0.366 e. The number of primary amides is 1. The summed E-state index contributed by atoms with van der Waals surface area (Å²) in [5, 5.41) is 0. The van der Waals surface area contributed by atoms with Crippen LogP contribution in [0, 0.1) is 12.8 Å². The van der Waals surface area contributed by atoms with Crippen LogP contribution in [-0.2, 0) is 13.0 Å². The van der Waals surface area contributed by atoms with Gasteiger partial charge in [-0.25, -0.2) is 0 Å². The Bertz CT molecular complexity index is 657. The first-order valence-electron chi connectivity index (χ1n) is 7.90. The molecule has 1 amide bonds. The summed E-state index contributed by atoms with van der Waals surface area (Å²) in [5.74, 6) is 0.234. The summed E-state index contributed by atoms with van der Waals surface area (Å²) in [4.78, 5) is 16.4. The third kappa shape index (κ3) is 3.06. The van der Waals surface area contributed by atoms with E-state index in [1.165, 1.54) is 0 Å². The summed E-state index contributed by atoms with van der Waals surface area (Å²) in [6.45, 7) is 9.40. The van der Waals surface area contributed by atoms with E-state index in [4.69, 9.17) is 5.73 Å². The quantitative estimate of drug-likeness (QED) is 0.886. The van der Waals surface area contributed by atoms with Crippen LogP contribution >= 0.6 is 0 Å². The zero-order valence-electron chi connectivity index (χ0n) is 13.9. The lowest BCUT2D eigenvalue weighted by molar-refractivity contribution is 0.1000. The highest BCUT2D eigenvalue weighted by molar-refractivity contribution is 6.01. The molecular formula is C18H25N3O. The highest BCUT2D eigenvalue weighted by atomic mass is 16.1. The monoisotopic (exact) mass is 299 g/mol. The lowest BCUT2D eigenvalue weighted by atomic mass is 10.0. The molecule has 0 bridgehead atoms. The van der Waals surface area contributed by atoms with Crippen LogP contribution in [0.3, 0.4) is 0 Å². The van der Waals surface area contributed by atoms with Gasteiger partial charge in [-0.1, -0.05) is 26.8 Å². The molecule has 2 heterocycles. The predicted molar refractivity (Wildman–Crippen MR) is 89.8 cm³/mol. The van der Waals surface area contributed by atoms with Gasteiger partial charge in [-0.05, 0) is 37.8 Å². The topological polar surface area (TPSA) is 60.9 Å². The Morgan fingerprint density at radius 2 is 2.09 bits per heavy atom. The van der Waals surface area contributed by atoms with Crippen molar-refractivity contribution in [1.29, 1.82) is 0 Å². The van der Waals surface area contributed by atoms with Gasteiger partial charge in [0.25, 0.3) is 5.91 Å². The maximum absolute atomic E-state index is 12.0. The van der Waals surface area contributed by atoms with Crippen molar-refractivity contribution in [2.24, 2.45) is 11.7 Å². The van der Waals surface area contributed by atoms with Crippen LogP contribution < -0.4 is 5.73 Å². The van der Waals surface area contributed by atoms with Crippen LogP contribution in [0.2, 0.25) is 0 Å². The second-order valence-corrected chi connectivity index (χ2v) is 6.05. The molecule has 2 rings (SSSR count). The Morgan fingerprint density at radius 3 is 2.59 bits per heavy atom. The van der Waals surface area contributed by atoms with Gasteiger partial charge in [0.2, 0.25) is 0 Å². The highest BCUT2D eigenvalue weighted by Crippen LogP contribution is 2.32. The van der Waals surface area contributed by atoms with E-state index >= 15 is 0 Å². The molecule has 0 aromatic carbocycles. The molecule has 118 valence electrons. The molecule has 0 aliphatic heterocycles. The minimum atomic E-state index is -0.379. The fourth-order valence-electron chi connectivity index (χ4n) is 2.94. The Hall–Kier alpha value is -2.10. The molecular weight excluding hydrogens is 274 g/mol. The van der Waals surface area contributed by atoms with E-state index in [2.05, 4.69) is 30.3 Å². The summed E-state index contributed by atoms with van der Waals surface area (Å²) < 4.78 is 2.24. The smallest absolute Gasteiger partial charge is 0.251 e. The normalized spacial score (nSPS) is 11.1. The van der Waals surface area contributed by atoms with Gasteiger partial charge in [-0.2, -0.15) is 0 Å². The zero-order valence-corrected chi connectivity index (χ0v) is 13.9. The summed E-state index contributed by atoms with van der Waals surface area (Å²) in [6, 6.07) is 5.75. The second-order valence-electron chi connectivity index (χ2n) is 6.05. The number of rotatable bonds is 6. The van der Waals surface area contributed by atoms with E-state index in [9.17, 15) is 4.79 Å². The maximum atomic E-state index is 12.0. The molecule has 0 spiro atoms. The van der Waals surface area contributed by atoms with Crippen molar-refractivity contribution >= 4 is 5.91 Å². The third-order valence-corrected chi connectivity index (χ3v) is 4.06. The number of nitrogens with zero attached hydrogens (tertiary/aromatic N) is 2. The lowest BCUT2D eigenvalue weighted by Gasteiger charge is -2.13. The van der Waals surface area contributed by atoms with Gasteiger partial charge in [0.05, 0.1) is 11.3 Å². The van der Waals surface area contributed by atoms with E-state index in [1.54, 1.807) is 6.20 Å². The molecule has 2 N–H and O–H groups in total. The highest BCUT2D eigenvalue weighted by Gasteiger charge is 2.24. The molecule has 0 aliphatic carbocycles. The summed E-state index contributed by atoms with van der Waals surface area (Å²) >= 11 is 0. The van der Waals surface area contributed by atoms with Crippen molar-refractivity contribution < 1.29 is 4.79 Å². The molecule has 0 atom stereocenters. The number of nitrogens with two attached hydrogens (primary N) is 1. The predicted octanol–water partition coefficient (Wildman–Crippen LogP) is 3.57. The van der Waals surface area contributed by atoms with Crippen LogP contribution in [0.1, 0.15) is 48.9 Å². The van der Waals surface area contributed by atoms with E-state index in [-0.39, 0.29) is 5.91 Å². The number of carbonyl (C=O) groups excluding carboxylic acids is 1. The van der Waals surface area contributed by atoms with Crippen molar-refractivity contribution in [1.82, 2.24) is 9.55 Å². The number of aromatic nitrogens is 2. The summed E-state index contributed by atoms with van der Waals surface area (Å²) in [7, 11) is 0. The first-order valence-corrected chi connectivity index (χ1v) is 7.90. The van der Waals surface area contributed by atoms with Gasteiger partial charge in [0.15, 0.2) is 0 Å². The maximum Gasteiger partial charge on any atom is 0.251 e. The molecule has 22 heavy (non-hydrogen) atoms. The Kier molecular flexibility index (Phi) is 5.01. The van der Waals surface area contributed by atoms with Gasteiger partial charge in [0, 0.05) is 29.7 Å². The number of hydrogen-bond donors (Lipinski definition) is 1. The fraction of sp³-hybridized carbons (Fsp3) is 0.444. The average Bonchev–Trinajstić information content (AvgIpc) is 2.78. The van der Waals surface area contributed by atoms with E-state index in [0.717, 1.165) is 42.0 Å². The molecule has 4 heteroatoms. The molecule has 0 aliphatic rings. The fourth-order valence-corrected chi connectivity index (χ4v) is 2.94. The number of pyridine rings is 1. The van der Waals surface area contributed by atoms with Crippen LogP contribution in [0.25, 0.3) is 11.3 Å². The molecule has 2 aromatic heterocycles. The SMILES string of the molecule is CCc1c(-c2ccccn2)c(C(N)=O)c(C)n1CCC(C)C. The number of amides is 1. The Labute approximate surface area is 132 Å². The molecule has 0 fully saturated rings. The van der Waals surface area contributed by atoms with Crippen LogP contribution in [0.4, 0.5) is 0 Å². The first kappa shape index (κ1) is 16.3. The van der Waals surface area contributed by atoms with E-state index < -0.39 is 0 Å². The number of carbonyl (C=O) groups is 1. The summed E-state index contributed by atoms with van der Waals surface area (Å²) in [6.07, 6.45) is 3.67. The van der Waals surface area contributed by atoms with Crippen molar-refractivity contribution in [2.45, 2.75) is 47.1 Å². The van der Waals surface area contributed by atoms with Crippen molar-refractivity contribution in [3.63, 3.8) is 0 Å². The van der Waals surface area contributed by atoms with Crippen molar-refractivity contribution in [3.8, 4) is 11.3 Å². The van der Waals surface area contributed by atoms with Gasteiger partial charge < -0.3 is 10.3 Å². The van der Waals surface area contributed by atoms with Crippen LogP contribution in [0.5, 0.6) is 0 Å². The third-order valence-electron chi connectivity index (χ3n) is 4.06. The molecule has 2 aromatic rings. The molecule has 0 unspecified atom stereocenters. The molecule has 0 saturated heterocycles. The molecule has 4 nitrogen and oxygen atoms in total. The summed E-state index contributed by atoms with van der Waals surface area (Å²) in [5.41, 5.74) is 10.1. The minimum absolute atomic E-state index is 0.379. The van der Waals surface area contributed by atoms with E-state index in [0.29, 0.717) is 11.5 Å². The largest absolute Gasteiger partial charge is 0.366 e. The van der Waals surface area contributed by atoms with Crippen LogP contribution in [-0.4, -0.2) is 15.5 Å². The Balaban J connectivity index is 2.65. The number of hydrogen-bond acceptors (Lipinski definition) is 2. The Morgan fingerprint density at radius 1 is 1.36 bits per heavy atom. The zero-order chi connectivity index (χ0) is 16.3. The van der Waals surface area contributed by atoms with Crippen molar-refractivity contribution in [3.05, 3.63) is 41.3 Å². The molecule has 0 saturated carbocycles. The van der Waals surface area contributed by atoms with Gasteiger partial charge in [0.1, 0.15) is 0 Å². The van der Waals surface area contributed by atoms with Crippen molar-refractivity contribution in [2.75, 3.05) is 0 Å². The average molecular weight is 299 g/mol. The van der Waals surface area contributed by atoms with E-state index in [1.807, 2.05) is 25.1 Å². The lowest BCUT2D eigenvalue weighted by Crippen LogP contribution is -2.14. The van der Waals surface area contributed by atoms with Gasteiger partial charge in [-0.3, -0.25) is 9.78 Å². The first-order chi connectivity index (χ1) is 10.5. The standard InChI is InChI=1S/C18H25N3O/c1-5-15-17(14-8-6-7-10-20-14)16(18(19)22)13(4)21(15)11-9-12(2)3/h6-8,10,12H,5,9,11H2,1-4H3,(H2,19,22). The molecule has 0 radical (unpaired) electrons. The van der Waals surface area contributed by atoms with Crippen LogP contribution in [0.15, 0.2) is 24.4 Å². The van der Waals surface area contributed by atoms with Gasteiger partial charge >= 0.3 is 0 Å². The van der Waals surface area contributed by atoms with Gasteiger partial charge in [-0.15, -0.1) is 0 Å². The second kappa shape index (κ2) is 6.77.